The first kappa shape index (κ1) is 24.8. The Hall–Kier alpha value is -4.30. The van der Waals surface area contributed by atoms with Crippen LogP contribution in [-0.2, 0) is 17.2 Å². The van der Waals surface area contributed by atoms with Gasteiger partial charge in [-0.25, -0.2) is 15.0 Å². The number of carbonyl (C=O) groups is 2. The van der Waals surface area contributed by atoms with Crippen molar-refractivity contribution in [3.8, 4) is 17.1 Å². The third-order valence-electron chi connectivity index (χ3n) is 5.65. The van der Waals surface area contributed by atoms with Gasteiger partial charge in [0.1, 0.15) is 29.4 Å². The molecule has 13 nitrogen and oxygen atoms in total. The summed E-state index contributed by atoms with van der Waals surface area (Å²) >= 11 is 0. The zero-order chi connectivity index (χ0) is 26.5. The first-order chi connectivity index (χ1) is 16.8. The molecule has 0 bridgehead atoms. The van der Waals surface area contributed by atoms with Gasteiger partial charge in [0.05, 0.1) is 23.6 Å². The number of hydrogen-bond acceptors (Lipinski definition) is 9. The molecule has 0 atom stereocenters. The molecule has 0 saturated carbocycles. The predicted octanol–water partition coefficient (Wildman–Crippen LogP) is 1.58. The van der Waals surface area contributed by atoms with Crippen LogP contribution in [-0.4, -0.2) is 55.9 Å². The minimum Gasteiger partial charge on any atom is -0.496 e. The fourth-order valence-corrected chi connectivity index (χ4v) is 4.44. The van der Waals surface area contributed by atoms with Crippen LogP contribution in [0, 0.1) is 0 Å². The highest BCUT2D eigenvalue weighted by Gasteiger charge is 2.28. The number of aryl methyl sites for hydroxylation is 1. The highest BCUT2D eigenvalue weighted by molar-refractivity contribution is 7.85. The Morgan fingerprint density at radius 3 is 2.36 bits per heavy atom. The van der Waals surface area contributed by atoms with Gasteiger partial charge in [-0.05, 0) is 26.0 Å². The number of primary amides is 1. The molecule has 0 unspecified atom stereocenters. The van der Waals surface area contributed by atoms with E-state index in [1.807, 2.05) is 13.8 Å². The van der Waals surface area contributed by atoms with Crippen molar-refractivity contribution in [2.45, 2.75) is 24.9 Å². The average molecular weight is 514 g/mol. The Morgan fingerprint density at radius 1 is 1.11 bits per heavy atom. The van der Waals surface area contributed by atoms with Crippen molar-refractivity contribution in [3.63, 3.8) is 0 Å². The summed E-state index contributed by atoms with van der Waals surface area (Å²) < 4.78 is 41.2. The van der Waals surface area contributed by atoms with Gasteiger partial charge in [0.25, 0.3) is 5.91 Å². The van der Waals surface area contributed by atoms with Crippen LogP contribution in [0.25, 0.3) is 22.4 Å². The average Bonchev–Trinajstić information content (AvgIpc) is 3.39. The second-order valence-electron chi connectivity index (χ2n) is 8.28. The van der Waals surface area contributed by atoms with Gasteiger partial charge in [-0.1, -0.05) is 0 Å². The Morgan fingerprint density at radius 2 is 1.81 bits per heavy atom. The SMILES string of the molecule is COc1cc(-c2nc(S(=O)(=O)O)cn2C)c(C(=O)c2cn(C(C)C)c3ncnc(N)c23)cc1C(N)=O. The van der Waals surface area contributed by atoms with E-state index in [-0.39, 0.29) is 45.7 Å². The Balaban J connectivity index is 2.06. The molecule has 1 aromatic carbocycles. The summed E-state index contributed by atoms with van der Waals surface area (Å²) in [5.74, 6) is -1.29. The molecule has 3 aromatic heterocycles. The number of anilines is 1. The number of amides is 1. The fourth-order valence-electron chi connectivity index (χ4n) is 3.95. The largest absolute Gasteiger partial charge is 0.496 e. The number of rotatable bonds is 7. The monoisotopic (exact) mass is 513 g/mol. The zero-order valence-corrected chi connectivity index (χ0v) is 20.6. The molecule has 1 amide bonds. The van der Waals surface area contributed by atoms with Crippen molar-refractivity contribution in [2.24, 2.45) is 12.8 Å². The Bertz CT molecular complexity index is 1650. The van der Waals surface area contributed by atoms with Gasteiger partial charge < -0.3 is 25.3 Å². The molecule has 0 aliphatic rings. The quantitative estimate of drug-likeness (QED) is 0.241. The number of aromatic nitrogens is 5. The standard InChI is InChI=1S/C22H23N7O6S/c1-10(2)29-7-14(17-19(23)25-9-26-22(17)29)18(30)11-5-13(20(24)31)15(35-4)6-12(11)21-27-16(8-28(21)3)36(32,33)34/h5-10H,1-4H3,(H2,24,31)(H2,23,25,26)(H,32,33,34). The summed E-state index contributed by atoms with van der Waals surface area (Å²) in [4.78, 5) is 38.4. The van der Waals surface area contributed by atoms with Crippen LogP contribution in [0.4, 0.5) is 5.82 Å². The molecule has 14 heteroatoms. The van der Waals surface area contributed by atoms with Crippen molar-refractivity contribution in [1.29, 1.82) is 0 Å². The number of nitrogens with zero attached hydrogens (tertiary/aromatic N) is 5. The van der Waals surface area contributed by atoms with Crippen LogP contribution >= 0.6 is 0 Å². The first-order valence-corrected chi connectivity index (χ1v) is 12.0. The predicted molar refractivity (Wildman–Crippen MR) is 129 cm³/mol. The lowest BCUT2D eigenvalue weighted by Crippen LogP contribution is -2.15. The van der Waals surface area contributed by atoms with Crippen molar-refractivity contribution in [3.05, 3.63) is 47.5 Å². The van der Waals surface area contributed by atoms with Crippen LogP contribution in [0.15, 0.2) is 35.9 Å². The van der Waals surface area contributed by atoms with E-state index in [4.69, 9.17) is 16.2 Å². The number of fused-ring (bicyclic) bond motifs is 1. The number of nitrogens with two attached hydrogens (primary N) is 2. The highest BCUT2D eigenvalue weighted by atomic mass is 32.2. The maximum atomic E-state index is 14.0. The number of benzene rings is 1. The molecule has 5 N–H and O–H groups in total. The summed E-state index contributed by atoms with van der Waals surface area (Å²) in [5.41, 5.74) is 12.2. The highest BCUT2D eigenvalue weighted by Crippen LogP contribution is 2.35. The first-order valence-electron chi connectivity index (χ1n) is 10.5. The molecule has 0 radical (unpaired) electrons. The van der Waals surface area contributed by atoms with Gasteiger partial charge in [0.2, 0.25) is 5.03 Å². The van der Waals surface area contributed by atoms with Gasteiger partial charge in [0, 0.05) is 36.6 Å². The number of ether oxygens (including phenoxy) is 1. The van der Waals surface area contributed by atoms with E-state index in [2.05, 4.69) is 15.0 Å². The van der Waals surface area contributed by atoms with Crippen LogP contribution in [0.3, 0.4) is 0 Å². The molecule has 0 aliphatic carbocycles. The molecule has 0 fully saturated rings. The van der Waals surface area contributed by atoms with Gasteiger partial charge in [-0.15, -0.1) is 0 Å². The van der Waals surface area contributed by atoms with Crippen molar-refractivity contribution in [2.75, 3.05) is 12.8 Å². The molecule has 0 saturated heterocycles. The van der Waals surface area contributed by atoms with E-state index in [0.717, 1.165) is 6.20 Å². The number of nitrogen functional groups attached to an aromatic ring is 1. The van der Waals surface area contributed by atoms with E-state index >= 15 is 0 Å². The molecule has 188 valence electrons. The summed E-state index contributed by atoms with van der Waals surface area (Å²) in [5, 5.41) is -0.303. The minimum atomic E-state index is -4.63. The topological polar surface area (TPSA) is 198 Å². The minimum absolute atomic E-state index is 0.0112. The molecular formula is C22H23N7O6S. The van der Waals surface area contributed by atoms with Crippen LogP contribution < -0.4 is 16.2 Å². The summed E-state index contributed by atoms with van der Waals surface area (Å²) in [6.45, 7) is 3.81. The molecular weight excluding hydrogens is 490 g/mol. The van der Waals surface area contributed by atoms with E-state index < -0.39 is 26.8 Å². The van der Waals surface area contributed by atoms with Crippen molar-refractivity contribution >= 4 is 38.7 Å². The van der Waals surface area contributed by atoms with E-state index in [9.17, 15) is 22.6 Å². The van der Waals surface area contributed by atoms with Crippen LogP contribution in [0.1, 0.15) is 46.2 Å². The van der Waals surface area contributed by atoms with Crippen molar-refractivity contribution in [1.82, 2.24) is 24.1 Å². The zero-order valence-electron chi connectivity index (χ0n) is 19.8. The summed E-state index contributed by atoms with van der Waals surface area (Å²) in [7, 11) is -1.84. The lowest BCUT2D eigenvalue weighted by atomic mass is 9.94. The number of hydrogen-bond donors (Lipinski definition) is 3. The fraction of sp³-hybridized carbons (Fsp3) is 0.227. The molecule has 0 aliphatic heterocycles. The maximum absolute atomic E-state index is 14.0. The van der Waals surface area contributed by atoms with Gasteiger partial charge in [0.15, 0.2) is 5.78 Å². The van der Waals surface area contributed by atoms with Crippen molar-refractivity contribution < 1.29 is 27.3 Å². The smallest absolute Gasteiger partial charge is 0.313 e. The second kappa shape index (κ2) is 8.73. The van der Waals surface area contributed by atoms with E-state index in [0.29, 0.717) is 11.0 Å². The lowest BCUT2D eigenvalue weighted by molar-refractivity contribution is 0.0997. The van der Waals surface area contributed by atoms with E-state index in [1.54, 1.807) is 10.8 Å². The Kier molecular flexibility index (Phi) is 6.02. The van der Waals surface area contributed by atoms with Gasteiger partial charge >= 0.3 is 10.1 Å². The third kappa shape index (κ3) is 4.05. The molecule has 4 rings (SSSR count). The maximum Gasteiger partial charge on any atom is 0.313 e. The summed E-state index contributed by atoms with van der Waals surface area (Å²) in [6, 6.07) is 2.52. The van der Waals surface area contributed by atoms with Crippen LogP contribution in [0.5, 0.6) is 5.75 Å². The number of methoxy groups -OCH3 is 1. The molecule has 4 aromatic rings. The normalized spacial score (nSPS) is 11.8. The summed E-state index contributed by atoms with van der Waals surface area (Å²) in [6.07, 6.45) is 3.96. The molecule has 0 spiro atoms. The van der Waals surface area contributed by atoms with Crippen LogP contribution in [0.2, 0.25) is 0 Å². The second-order valence-corrected chi connectivity index (χ2v) is 9.65. The molecule has 3 heterocycles. The van der Waals surface area contributed by atoms with Gasteiger partial charge in [-0.3, -0.25) is 14.1 Å². The third-order valence-corrected chi connectivity index (χ3v) is 6.37. The molecule has 36 heavy (non-hydrogen) atoms. The van der Waals surface area contributed by atoms with E-state index in [1.165, 1.54) is 37.2 Å². The number of imidazole rings is 1. The Labute approximate surface area is 205 Å². The lowest BCUT2D eigenvalue weighted by Gasteiger charge is -2.14. The number of ketones is 1. The number of carbonyl (C=O) groups excluding carboxylic acids is 2. The van der Waals surface area contributed by atoms with Gasteiger partial charge in [-0.2, -0.15) is 8.42 Å².